The minimum Gasteiger partial charge on any atom is -0.438 e. The van der Waals surface area contributed by atoms with Gasteiger partial charge in [0, 0.05) is 17.1 Å². The zero-order valence-corrected chi connectivity index (χ0v) is 14.9. The summed E-state index contributed by atoms with van der Waals surface area (Å²) in [6.07, 6.45) is 2.53. The molecule has 0 aliphatic carbocycles. The lowest BCUT2D eigenvalue weighted by molar-refractivity contribution is 0.493. The molecule has 1 unspecified atom stereocenters. The Morgan fingerprint density at radius 3 is 2.58 bits per heavy atom. The first kappa shape index (κ1) is 15.4. The first-order valence-corrected chi connectivity index (χ1v) is 9.89. The van der Waals surface area contributed by atoms with E-state index in [1.807, 2.05) is 48.5 Å². The highest BCUT2D eigenvalue weighted by molar-refractivity contribution is 7.47. The van der Waals surface area contributed by atoms with Crippen LogP contribution < -0.4 is 9.05 Å². The lowest BCUT2D eigenvalue weighted by Gasteiger charge is -2.18. The first-order chi connectivity index (χ1) is 12.9. The summed E-state index contributed by atoms with van der Waals surface area (Å²) in [5.41, 5.74) is 4.45. The van der Waals surface area contributed by atoms with Gasteiger partial charge in [0.2, 0.25) is 0 Å². The summed E-state index contributed by atoms with van der Waals surface area (Å²) in [5.74, 6) is 1.64. The van der Waals surface area contributed by atoms with Crippen LogP contribution in [-0.2, 0) is 6.16 Å². The first-order valence-electron chi connectivity index (χ1n) is 8.53. The summed E-state index contributed by atoms with van der Waals surface area (Å²) >= 11 is 0. The van der Waals surface area contributed by atoms with Gasteiger partial charge in [-0.25, -0.2) is 0 Å². The minimum atomic E-state index is -1.16. The van der Waals surface area contributed by atoms with Gasteiger partial charge in [0.15, 0.2) is 5.75 Å². The quantitative estimate of drug-likeness (QED) is 0.401. The fourth-order valence-electron chi connectivity index (χ4n) is 3.28. The zero-order valence-electron chi connectivity index (χ0n) is 14.0. The summed E-state index contributed by atoms with van der Waals surface area (Å²) in [6.45, 7) is 0. The Morgan fingerprint density at radius 1 is 0.808 bits per heavy atom. The number of nitrogens with zero attached hydrogens (tertiary/aromatic N) is 1. The maximum absolute atomic E-state index is 6.34. The Morgan fingerprint density at radius 2 is 1.62 bits per heavy atom. The van der Waals surface area contributed by atoms with Gasteiger partial charge in [-0.05, 0) is 29.3 Å². The predicted octanol–water partition coefficient (Wildman–Crippen LogP) is 6.19. The van der Waals surface area contributed by atoms with Gasteiger partial charge in [0.25, 0.3) is 8.38 Å². The molecular weight excluding hydrogens is 341 g/mol. The highest BCUT2D eigenvalue weighted by atomic mass is 31.2. The average molecular weight is 357 g/mol. The lowest BCUT2D eigenvalue weighted by Crippen LogP contribution is -1.98. The number of para-hydroxylation sites is 2. The molecule has 3 aromatic carbocycles. The number of benzene rings is 3. The van der Waals surface area contributed by atoms with Crippen molar-refractivity contribution in [2.24, 2.45) is 0 Å². The number of hydrogen-bond donors (Lipinski definition) is 0. The van der Waals surface area contributed by atoms with Gasteiger partial charge >= 0.3 is 0 Å². The molecule has 1 atom stereocenters. The van der Waals surface area contributed by atoms with E-state index in [2.05, 4.69) is 35.3 Å². The molecule has 0 fully saturated rings. The molecule has 0 radical (unpaired) electrons. The van der Waals surface area contributed by atoms with Crippen molar-refractivity contribution in [3.8, 4) is 22.6 Å². The molecule has 3 nitrogen and oxygen atoms in total. The van der Waals surface area contributed by atoms with E-state index >= 15 is 0 Å². The minimum absolute atomic E-state index is 0.739. The number of aromatic nitrogens is 1. The second-order valence-electron chi connectivity index (χ2n) is 6.16. The largest absolute Gasteiger partial charge is 0.438 e. The third kappa shape index (κ3) is 2.71. The van der Waals surface area contributed by atoms with E-state index < -0.39 is 8.38 Å². The fraction of sp³-hybridized carbons (Fsp3) is 0.0455. The predicted molar refractivity (Wildman–Crippen MR) is 106 cm³/mol. The summed E-state index contributed by atoms with van der Waals surface area (Å²) < 4.78 is 12.6. The van der Waals surface area contributed by atoms with Gasteiger partial charge in [-0.3, -0.25) is 4.98 Å². The standard InChI is InChI=1S/C22H16NO2P/c1-2-10-18-17(7-1)15-26(24-20-12-4-3-11-19(18)20)25-21-13-5-8-16-9-6-14-23-22(16)21/h1-14H,15H2. The van der Waals surface area contributed by atoms with Gasteiger partial charge in [-0.15, -0.1) is 0 Å². The van der Waals surface area contributed by atoms with E-state index in [4.69, 9.17) is 9.05 Å². The van der Waals surface area contributed by atoms with Crippen molar-refractivity contribution < 1.29 is 9.05 Å². The maximum atomic E-state index is 6.34. The number of pyridine rings is 1. The van der Waals surface area contributed by atoms with Gasteiger partial charge in [-0.1, -0.05) is 60.7 Å². The lowest BCUT2D eigenvalue weighted by atomic mass is 10.00. The molecule has 126 valence electrons. The molecule has 0 saturated carbocycles. The third-order valence-corrected chi connectivity index (χ3v) is 5.89. The van der Waals surface area contributed by atoms with Crippen LogP contribution in [0.15, 0.2) is 85.1 Å². The SMILES string of the molecule is c1ccc2c(c1)CP(Oc1cccc3cccnc13)Oc1ccccc1-2. The van der Waals surface area contributed by atoms with Gasteiger partial charge < -0.3 is 9.05 Å². The van der Waals surface area contributed by atoms with Crippen LogP contribution in [0.1, 0.15) is 5.56 Å². The van der Waals surface area contributed by atoms with Crippen LogP contribution in [-0.4, -0.2) is 4.98 Å². The average Bonchev–Trinajstić information content (AvgIpc) is 2.85. The normalized spacial score (nSPS) is 15.5. The monoisotopic (exact) mass is 357 g/mol. The van der Waals surface area contributed by atoms with Crippen molar-refractivity contribution in [1.29, 1.82) is 0 Å². The summed E-state index contributed by atoms with van der Waals surface area (Å²) in [7, 11) is -1.16. The van der Waals surface area contributed by atoms with Crippen LogP contribution in [0.25, 0.3) is 22.0 Å². The molecule has 0 spiro atoms. The molecule has 2 heterocycles. The van der Waals surface area contributed by atoms with Crippen LogP contribution in [0.2, 0.25) is 0 Å². The molecular formula is C22H16NO2P. The van der Waals surface area contributed by atoms with Gasteiger partial charge in [0.1, 0.15) is 11.3 Å². The van der Waals surface area contributed by atoms with E-state index in [-0.39, 0.29) is 0 Å². The number of fused-ring (bicyclic) bond motifs is 4. The molecule has 0 N–H and O–H groups in total. The van der Waals surface area contributed by atoms with Crippen molar-refractivity contribution in [2.45, 2.75) is 6.16 Å². The maximum Gasteiger partial charge on any atom is 0.295 e. The molecule has 0 saturated heterocycles. The van der Waals surface area contributed by atoms with E-state index in [0.29, 0.717) is 0 Å². The Hall–Kier alpha value is -2.90. The molecule has 1 aromatic heterocycles. The molecule has 1 aliphatic heterocycles. The van der Waals surface area contributed by atoms with Crippen molar-refractivity contribution in [1.82, 2.24) is 4.98 Å². The highest BCUT2D eigenvalue weighted by Gasteiger charge is 2.25. The Balaban J connectivity index is 1.57. The van der Waals surface area contributed by atoms with Crippen LogP contribution in [0.3, 0.4) is 0 Å². The van der Waals surface area contributed by atoms with Crippen molar-refractivity contribution in [3.05, 3.63) is 90.6 Å². The van der Waals surface area contributed by atoms with Crippen molar-refractivity contribution in [2.75, 3.05) is 0 Å². The fourth-order valence-corrected chi connectivity index (χ4v) is 4.75. The summed E-state index contributed by atoms with van der Waals surface area (Å²) in [6, 6.07) is 26.6. The number of hydrogen-bond acceptors (Lipinski definition) is 3. The third-order valence-electron chi connectivity index (χ3n) is 4.49. The second kappa shape index (κ2) is 6.44. The van der Waals surface area contributed by atoms with E-state index in [1.54, 1.807) is 6.20 Å². The van der Waals surface area contributed by atoms with E-state index in [1.165, 1.54) is 11.1 Å². The Bertz CT molecular complexity index is 1040. The molecule has 26 heavy (non-hydrogen) atoms. The van der Waals surface area contributed by atoms with E-state index in [0.717, 1.165) is 34.1 Å². The molecule has 1 aliphatic rings. The molecule has 0 bridgehead atoms. The van der Waals surface area contributed by atoms with Gasteiger partial charge in [-0.2, -0.15) is 0 Å². The van der Waals surface area contributed by atoms with Crippen LogP contribution in [0, 0.1) is 0 Å². The zero-order chi connectivity index (χ0) is 17.3. The van der Waals surface area contributed by atoms with Crippen molar-refractivity contribution >= 4 is 19.3 Å². The summed E-state index contributed by atoms with van der Waals surface area (Å²) in [5, 5.41) is 1.07. The summed E-state index contributed by atoms with van der Waals surface area (Å²) in [4.78, 5) is 4.49. The Kier molecular flexibility index (Phi) is 3.80. The Labute approximate surface area is 153 Å². The number of rotatable bonds is 2. The molecule has 4 aromatic rings. The van der Waals surface area contributed by atoms with Crippen LogP contribution in [0.4, 0.5) is 0 Å². The topological polar surface area (TPSA) is 31.4 Å². The molecule has 5 rings (SSSR count). The molecule has 0 amide bonds. The van der Waals surface area contributed by atoms with Gasteiger partial charge in [0.05, 0.1) is 6.16 Å². The smallest absolute Gasteiger partial charge is 0.295 e. The highest BCUT2D eigenvalue weighted by Crippen LogP contribution is 2.51. The van der Waals surface area contributed by atoms with E-state index in [9.17, 15) is 0 Å². The van der Waals surface area contributed by atoms with Crippen LogP contribution in [0.5, 0.6) is 11.5 Å². The van der Waals surface area contributed by atoms with Crippen LogP contribution >= 0.6 is 8.38 Å². The second-order valence-corrected chi connectivity index (χ2v) is 7.50. The van der Waals surface area contributed by atoms with Crippen molar-refractivity contribution in [3.63, 3.8) is 0 Å². The molecule has 4 heteroatoms.